The van der Waals surface area contributed by atoms with Gasteiger partial charge in [0.2, 0.25) is 0 Å². The summed E-state index contributed by atoms with van der Waals surface area (Å²) in [5.41, 5.74) is 2.39. The molecule has 0 aliphatic rings. The SMILES string of the molecule is C=CCC(C)C(C)NCc1cn[nH]c1C. The summed E-state index contributed by atoms with van der Waals surface area (Å²) in [6.45, 7) is 11.1. The molecular weight excluding hydrogens is 186 g/mol. The molecule has 15 heavy (non-hydrogen) atoms. The van der Waals surface area contributed by atoms with E-state index in [0.29, 0.717) is 12.0 Å². The van der Waals surface area contributed by atoms with Gasteiger partial charge in [-0.2, -0.15) is 5.10 Å². The van der Waals surface area contributed by atoms with Crippen LogP contribution in [0.1, 0.15) is 31.5 Å². The third kappa shape index (κ3) is 3.51. The molecule has 0 aliphatic carbocycles. The highest BCUT2D eigenvalue weighted by atomic mass is 15.1. The number of rotatable bonds is 6. The molecule has 0 bridgehead atoms. The van der Waals surface area contributed by atoms with E-state index < -0.39 is 0 Å². The summed E-state index contributed by atoms with van der Waals surface area (Å²) in [5.74, 6) is 0.620. The molecule has 0 spiro atoms. The molecule has 1 heterocycles. The van der Waals surface area contributed by atoms with E-state index in [2.05, 4.69) is 35.9 Å². The van der Waals surface area contributed by atoms with Gasteiger partial charge in [0.15, 0.2) is 0 Å². The maximum absolute atomic E-state index is 4.00. The van der Waals surface area contributed by atoms with Gasteiger partial charge in [-0.15, -0.1) is 6.58 Å². The monoisotopic (exact) mass is 207 g/mol. The molecule has 84 valence electrons. The topological polar surface area (TPSA) is 40.7 Å². The van der Waals surface area contributed by atoms with Crippen molar-refractivity contribution in [3.8, 4) is 0 Å². The van der Waals surface area contributed by atoms with E-state index in [0.717, 1.165) is 18.7 Å². The molecule has 2 unspecified atom stereocenters. The molecule has 0 saturated carbocycles. The van der Waals surface area contributed by atoms with Crippen LogP contribution in [0, 0.1) is 12.8 Å². The fraction of sp³-hybridized carbons (Fsp3) is 0.583. The normalized spacial score (nSPS) is 14.9. The van der Waals surface area contributed by atoms with Gasteiger partial charge >= 0.3 is 0 Å². The Balaban J connectivity index is 2.37. The minimum atomic E-state index is 0.497. The molecule has 0 saturated heterocycles. The molecule has 3 nitrogen and oxygen atoms in total. The van der Waals surface area contributed by atoms with Crippen LogP contribution in [0.4, 0.5) is 0 Å². The Labute approximate surface area is 92.0 Å². The summed E-state index contributed by atoms with van der Waals surface area (Å²) >= 11 is 0. The van der Waals surface area contributed by atoms with E-state index in [9.17, 15) is 0 Å². The minimum Gasteiger partial charge on any atom is -0.310 e. The zero-order valence-electron chi connectivity index (χ0n) is 9.88. The number of allylic oxidation sites excluding steroid dienone is 1. The highest BCUT2D eigenvalue weighted by molar-refractivity contribution is 5.13. The summed E-state index contributed by atoms with van der Waals surface area (Å²) in [4.78, 5) is 0. The van der Waals surface area contributed by atoms with E-state index in [1.165, 1.54) is 5.56 Å². The smallest absolute Gasteiger partial charge is 0.0535 e. The predicted molar refractivity (Wildman–Crippen MR) is 63.6 cm³/mol. The van der Waals surface area contributed by atoms with Gasteiger partial charge in [-0.05, 0) is 26.2 Å². The first kappa shape index (κ1) is 12.0. The van der Waals surface area contributed by atoms with E-state index in [1.54, 1.807) is 0 Å². The van der Waals surface area contributed by atoms with Crippen LogP contribution >= 0.6 is 0 Å². The van der Waals surface area contributed by atoms with E-state index >= 15 is 0 Å². The second-order valence-corrected chi connectivity index (χ2v) is 4.19. The van der Waals surface area contributed by atoms with Crippen molar-refractivity contribution < 1.29 is 0 Å². The van der Waals surface area contributed by atoms with Crippen LogP contribution in [0.5, 0.6) is 0 Å². The van der Waals surface area contributed by atoms with Crippen LogP contribution in [0.2, 0.25) is 0 Å². The third-order valence-electron chi connectivity index (χ3n) is 2.94. The van der Waals surface area contributed by atoms with Gasteiger partial charge in [0, 0.05) is 23.8 Å². The molecule has 0 aromatic carbocycles. The van der Waals surface area contributed by atoms with Crippen molar-refractivity contribution in [1.29, 1.82) is 0 Å². The number of hydrogen-bond donors (Lipinski definition) is 2. The van der Waals surface area contributed by atoms with Crippen LogP contribution in [0.3, 0.4) is 0 Å². The first-order chi connectivity index (χ1) is 7.15. The second-order valence-electron chi connectivity index (χ2n) is 4.19. The maximum atomic E-state index is 4.00. The zero-order valence-corrected chi connectivity index (χ0v) is 9.88. The molecule has 0 fully saturated rings. The Morgan fingerprint density at radius 2 is 2.33 bits per heavy atom. The zero-order chi connectivity index (χ0) is 11.3. The van der Waals surface area contributed by atoms with Crippen LogP contribution in [-0.2, 0) is 6.54 Å². The second kappa shape index (κ2) is 5.71. The molecule has 3 heteroatoms. The number of nitrogens with zero attached hydrogens (tertiary/aromatic N) is 1. The van der Waals surface area contributed by atoms with E-state index in [-0.39, 0.29) is 0 Å². The molecule has 1 rings (SSSR count). The third-order valence-corrected chi connectivity index (χ3v) is 2.94. The Kier molecular flexibility index (Phi) is 4.56. The van der Waals surface area contributed by atoms with Crippen LogP contribution in [0.15, 0.2) is 18.9 Å². The summed E-state index contributed by atoms with van der Waals surface area (Å²) in [6.07, 6.45) is 4.91. The number of nitrogens with one attached hydrogen (secondary N) is 2. The lowest BCUT2D eigenvalue weighted by atomic mass is 10.00. The lowest BCUT2D eigenvalue weighted by Crippen LogP contribution is -2.31. The highest BCUT2D eigenvalue weighted by Crippen LogP contribution is 2.09. The first-order valence-electron chi connectivity index (χ1n) is 5.48. The number of aryl methyl sites for hydroxylation is 1. The minimum absolute atomic E-state index is 0.497. The Bertz CT molecular complexity index is 304. The summed E-state index contributed by atoms with van der Waals surface area (Å²) in [6, 6.07) is 0.497. The number of aromatic nitrogens is 2. The quantitative estimate of drug-likeness (QED) is 0.703. The molecular formula is C12H21N3. The van der Waals surface area contributed by atoms with Gasteiger partial charge in [0.05, 0.1) is 6.20 Å². The molecule has 2 N–H and O–H groups in total. The predicted octanol–water partition coefficient (Wildman–Crippen LogP) is 2.41. The molecule has 2 atom stereocenters. The maximum Gasteiger partial charge on any atom is 0.0535 e. The summed E-state index contributed by atoms with van der Waals surface area (Å²) in [5, 5.41) is 10.4. The van der Waals surface area contributed by atoms with Crippen molar-refractivity contribution in [2.45, 2.75) is 39.8 Å². The van der Waals surface area contributed by atoms with Crippen molar-refractivity contribution in [2.24, 2.45) is 5.92 Å². The Morgan fingerprint density at radius 1 is 1.60 bits per heavy atom. The van der Waals surface area contributed by atoms with Gasteiger partial charge < -0.3 is 5.32 Å². The van der Waals surface area contributed by atoms with Gasteiger partial charge in [0.25, 0.3) is 0 Å². The lowest BCUT2D eigenvalue weighted by Gasteiger charge is -2.19. The number of hydrogen-bond acceptors (Lipinski definition) is 2. The van der Waals surface area contributed by atoms with E-state index in [1.807, 2.05) is 19.2 Å². The average Bonchev–Trinajstić information content (AvgIpc) is 2.61. The first-order valence-corrected chi connectivity index (χ1v) is 5.48. The van der Waals surface area contributed by atoms with Crippen molar-refractivity contribution in [3.63, 3.8) is 0 Å². The highest BCUT2D eigenvalue weighted by Gasteiger charge is 2.10. The van der Waals surface area contributed by atoms with Crippen LogP contribution in [-0.4, -0.2) is 16.2 Å². The fourth-order valence-corrected chi connectivity index (χ4v) is 1.49. The molecule has 0 amide bonds. The Hall–Kier alpha value is -1.09. The van der Waals surface area contributed by atoms with E-state index in [4.69, 9.17) is 0 Å². The van der Waals surface area contributed by atoms with Crippen molar-refractivity contribution in [1.82, 2.24) is 15.5 Å². The van der Waals surface area contributed by atoms with Crippen molar-refractivity contribution in [3.05, 3.63) is 30.1 Å². The van der Waals surface area contributed by atoms with Crippen LogP contribution < -0.4 is 5.32 Å². The number of H-pyrrole nitrogens is 1. The van der Waals surface area contributed by atoms with Crippen LogP contribution in [0.25, 0.3) is 0 Å². The Morgan fingerprint density at radius 3 is 2.87 bits per heavy atom. The van der Waals surface area contributed by atoms with Gasteiger partial charge in [0.1, 0.15) is 0 Å². The van der Waals surface area contributed by atoms with Crippen molar-refractivity contribution in [2.75, 3.05) is 0 Å². The lowest BCUT2D eigenvalue weighted by molar-refractivity contribution is 0.402. The summed E-state index contributed by atoms with van der Waals surface area (Å²) in [7, 11) is 0. The van der Waals surface area contributed by atoms with Crippen molar-refractivity contribution >= 4 is 0 Å². The average molecular weight is 207 g/mol. The molecule has 1 aromatic rings. The fourth-order valence-electron chi connectivity index (χ4n) is 1.49. The standard InChI is InChI=1S/C12H21N3/c1-5-6-9(2)10(3)13-7-12-8-14-15-11(12)4/h5,8-10,13H,1,6-7H2,2-4H3,(H,14,15). The molecule has 1 aromatic heterocycles. The largest absolute Gasteiger partial charge is 0.310 e. The molecule has 0 aliphatic heterocycles. The molecule has 0 radical (unpaired) electrons. The van der Waals surface area contributed by atoms with Gasteiger partial charge in [-0.25, -0.2) is 0 Å². The number of aromatic amines is 1. The van der Waals surface area contributed by atoms with Gasteiger partial charge in [-0.1, -0.05) is 13.0 Å². The summed E-state index contributed by atoms with van der Waals surface area (Å²) < 4.78 is 0. The van der Waals surface area contributed by atoms with Gasteiger partial charge in [-0.3, -0.25) is 5.10 Å².